The number of rotatable bonds is 6. The lowest BCUT2D eigenvalue weighted by atomic mass is 9.92. The van der Waals surface area contributed by atoms with Crippen molar-refractivity contribution in [3.63, 3.8) is 0 Å². The van der Waals surface area contributed by atoms with E-state index < -0.39 is 29.5 Å². The van der Waals surface area contributed by atoms with E-state index in [-0.39, 0.29) is 18.9 Å². The molecule has 162 valence electrons. The summed E-state index contributed by atoms with van der Waals surface area (Å²) < 4.78 is 22.3. The van der Waals surface area contributed by atoms with Gasteiger partial charge in [0.25, 0.3) is 0 Å². The van der Waals surface area contributed by atoms with Gasteiger partial charge in [0.2, 0.25) is 0 Å². The molecular formula is C21H31NO7. The van der Waals surface area contributed by atoms with Gasteiger partial charge in [0, 0.05) is 11.6 Å². The molecule has 8 heteroatoms. The van der Waals surface area contributed by atoms with Crippen molar-refractivity contribution in [2.75, 3.05) is 20.8 Å². The molecule has 1 aliphatic rings. The van der Waals surface area contributed by atoms with E-state index in [1.807, 2.05) is 13.8 Å². The molecule has 1 unspecified atom stereocenters. The molecule has 1 aliphatic heterocycles. The number of carboxylic acid groups (broad SMARTS) is 1. The lowest BCUT2D eigenvalue weighted by Gasteiger charge is -2.28. The van der Waals surface area contributed by atoms with Crippen molar-refractivity contribution in [1.29, 1.82) is 0 Å². The standard InChI is InChI=1S/C21H31NO7/c1-13(2)11-21(18(23)24)12-22(19(25)29-20(3,4)5)17(28-21)15-9-8-14(26-6)10-16(15)27-7/h8-10,13,17H,11-12H2,1-7H3,(H,23,24)/t17-,21?/m1/s1. The minimum absolute atomic E-state index is 0.0445. The lowest BCUT2D eigenvalue weighted by molar-refractivity contribution is -0.166. The predicted octanol–water partition coefficient (Wildman–Crippen LogP) is 3.84. The highest BCUT2D eigenvalue weighted by molar-refractivity contribution is 5.80. The predicted molar refractivity (Wildman–Crippen MR) is 106 cm³/mol. The fraction of sp³-hybridized carbons (Fsp3) is 0.619. The van der Waals surface area contributed by atoms with Crippen LogP contribution in [0.25, 0.3) is 0 Å². The zero-order chi connectivity index (χ0) is 22.0. The minimum Gasteiger partial charge on any atom is -0.497 e. The second-order valence-electron chi connectivity index (χ2n) is 8.58. The quantitative estimate of drug-likeness (QED) is 0.763. The molecule has 2 rings (SSSR count). The van der Waals surface area contributed by atoms with Gasteiger partial charge in [-0.15, -0.1) is 0 Å². The zero-order valence-electron chi connectivity index (χ0n) is 18.1. The smallest absolute Gasteiger partial charge is 0.412 e. The number of carbonyl (C=O) groups is 2. The first-order chi connectivity index (χ1) is 13.4. The van der Waals surface area contributed by atoms with Crippen LogP contribution >= 0.6 is 0 Å². The van der Waals surface area contributed by atoms with Crippen molar-refractivity contribution in [3.05, 3.63) is 23.8 Å². The van der Waals surface area contributed by atoms with Gasteiger partial charge in [-0.2, -0.15) is 0 Å². The molecule has 0 aliphatic carbocycles. The first kappa shape index (κ1) is 22.8. The van der Waals surface area contributed by atoms with Gasteiger partial charge in [0.1, 0.15) is 17.1 Å². The summed E-state index contributed by atoms with van der Waals surface area (Å²) in [6.45, 7) is 8.95. The third-order valence-electron chi connectivity index (χ3n) is 4.51. The Morgan fingerprint density at radius 1 is 1.28 bits per heavy atom. The van der Waals surface area contributed by atoms with E-state index in [0.29, 0.717) is 17.1 Å². The number of amides is 1. The van der Waals surface area contributed by atoms with Crippen molar-refractivity contribution in [2.45, 2.75) is 58.5 Å². The summed E-state index contributed by atoms with van der Waals surface area (Å²) >= 11 is 0. The highest BCUT2D eigenvalue weighted by atomic mass is 16.6. The number of benzene rings is 1. The third kappa shape index (κ3) is 5.12. The van der Waals surface area contributed by atoms with Gasteiger partial charge in [-0.3, -0.25) is 4.90 Å². The molecule has 0 spiro atoms. The molecule has 1 aromatic rings. The van der Waals surface area contributed by atoms with Crippen LogP contribution in [0.3, 0.4) is 0 Å². The van der Waals surface area contributed by atoms with Gasteiger partial charge < -0.3 is 24.1 Å². The lowest BCUT2D eigenvalue weighted by Crippen LogP contribution is -2.45. The zero-order valence-corrected chi connectivity index (χ0v) is 18.1. The third-order valence-corrected chi connectivity index (χ3v) is 4.51. The van der Waals surface area contributed by atoms with E-state index in [1.54, 1.807) is 39.0 Å². The molecule has 2 atom stereocenters. The van der Waals surface area contributed by atoms with Gasteiger partial charge in [-0.05, 0) is 45.2 Å². The van der Waals surface area contributed by atoms with Crippen LogP contribution in [0.4, 0.5) is 4.79 Å². The molecule has 1 amide bonds. The fourth-order valence-corrected chi connectivity index (χ4v) is 3.38. The van der Waals surface area contributed by atoms with Crippen LogP contribution < -0.4 is 9.47 Å². The number of aliphatic carboxylic acids is 1. The highest BCUT2D eigenvalue weighted by Gasteiger charge is 2.54. The molecule has 0 aromatic heterocycles. The molecule has 1 fully saturated rings. The van der Waals surface area contributed by atoms with Gasteiger partial charge in [0.05, 0.1) is 20.8 Å². The molecule has 29 heavy (non-hydrogen) atoms. The van der Waals surface area contributed by atoms with Crippen molar-refractivity contribution in [2.24, 2.45) is 5.92 Å². The molecule has 0 saturated carbocycles. The van der Waals surface area contributed by atoms with Gasteiger partial charge in [-0.1, -0.05) is 13.8 Å². The van der Waals surface area contributed by atoms with Crippen LogP contribution in [0, 0.1) is 5.92 Å². The Hall–Kier alpha value is -2.48. The van der Waals surface area contributed by atoms with Crippen LogP contribution in [-0.2, 0) is 14.3 Å². The van der Waals surface area contributed by atoms with Crippen molar-refractivity contribution in [3.8, 4) is 11.5 Å². The fourth-order valence-electron chi connectivity index (χ4n) is 3.38. The van der Waals surface area contributed by atoms with Crippen LogP contribution in [0.5, 0.6) is 11.5 Å². The Morgan fingerprint density at radius 3 is 2.41 bits per heavy atom. The normalized spacial score (nSPS) is 21.9. The number of nitrogens with zero attached hydrogens (tertiary/aromatic N) is 1. The minimum atomic E-state index is -1.54. The molecule has 0 bridgehead atoms. The maximum Gasteiger partial charge on any atom is 0.412 e. The van der Waals surface area contributed by atoms with Gasteiger partial charge >= 0.3 is 12.1 Å². The van der Waals surface area contributed by atoms with E-state index in [0.717, 1.165) is 0 Å². The molecule has 0 radical (unpaired) electrons. The summed E-state index contributed by atoms with van der Waals surface area (Å²) in [7, 11) is 3.02. The second-order valence-corrected chi connectivity index (χ2v) is 8.58. The largest absolute Gasteiger partial charge is 0.497 e. The molecule has 1 saturated heterocycles. The Kier molecular flexibility index (Phi) is 6.67. The summed E-state index contributed by atoms with van der Waals surface area (Å²) in [5, 5.41) is 9.96. The maximum absolute atomic E-state index is 12.9. The topological polar surface area (TPSA) is 94.5 Å². The average Bonchev–Trinajstić information content (AvgIpc) is 3.00. The van der Waals surface area contributed by atoms with Crippen LogP contribution in [0.15, 0.2) is 18.2 Å². The molecule has 1 N–H and O–H groups in total. The number of hydrogen-bond acceptors (Lipinski definition) is 6. The van der Waals surface area contributed by atoms with Crippen molar-refractivity contribution in [1.82, 2.24) is 4.90 Å². The maximum atomic E-state index is 12.9. The van der Waals surface area contributed by atoms with Gasteiger partial charge in [-0.25, -0.2) is 9.59 Å². The monoisotopic (exact) mass is 409 g/mol. The van der Waals surface area contributed by atoms with Crippen LogP contribution in [-0.4, -0.2) is 54.0 Å². The van der Waals surface area contributed by atoms with Crippen molar-refractivity contribution < 1.29 is 33.6 Å². The van der Waals surface area contributed by atoms with E-state index in [9.17, 15) is 14.7 Å². The molecule has 1 aromatic carbocycles. The van der Waals surface area contributed by atoms with E-state index >= 15 is 0 Å². The summed E-state index contributed by atoms with van der Waals surface area (Å²) in [6.07, 6.45) is -1.37. The van der Waals surface area contributed by atoms with E-state index in [2.05, 4.69) is 0 Å². The number of hydrogen-bond donors (Lipinski definition) is 1. The van der Waals surface area contributed by atoms with E-state index in [1.165, 1.54) is 19.1 Å². The SMILES string of the molecule is COc1ccc([C@H]2OC(CC(C)C)(C(=O)O)CN2C(=O)OC(C)(C)C)c(OC)c1. The summed E-state index contributed by atoms with van der Waals surface area (Å²) in [4.78, 5) is 26.4. The summed E-state index contributed by atoms with van der Waals surface area (Å²) in [5.74, 6) is -0.0782. The van der Waals surface area contributed by atoms with Crippen LogP contribution in [0.1, 0.15) is 52.8 Å². The first-order valence-corrected chi connectivity index (χ1v) is 9.55. The Morgan fingerprint density at radius 2 is 1.93 bits per heavy atom. The average molecular weight is 409 g/mol. The summed E-state index contributed by atoms with van der Waals surface area (Å²) in [5.41, 5.74) is -1.76. The van der Waals surface area contributed by atoms with E-state index in [4.69, 9.17) is 18.9 Å². The van der Waals surface area contributed by atoms with Crippen LogP contribution in [0.2, 0.25) is 0 Å². The Bertz CT molecular complexity index is 756. The second kappa shape index (κ2) is 8.49. The van der Waals surface area contributed by atoms with Gasteiger partial charge in [0.15, 0.2) is 11.8 Å². The number of carbonyl (C=O) groups excluding carboxylic acids is 1. The summed E-state index contributed by atoms with van der Waals surface area (Å²) in [6, 6.07) is 5.07. The first-order valence-electron chi connectivity index (χ1n) is 9.55. The molecule has 1 heterocycles. The van der Waals surface area contributed by atoms with Crippen molar-refractivity contribution >= 4 is 12.1 Å². The Labute approximate surface area is 171 Å². The number of methoxy groups -OCH3 is 2. The molecule has 8 nitrogen and oxygen atoms in total. The Balaban J connectivity index is 2.53. The highest BCUT2D eigenvalue weighted by Crippen LogP contribution is 2.44. The molecular weight excluding hydrogens is 378 g/mol. The number of ether oxygens (including phenoxy) is 4. The number of carboxylic acids is 1.